The maximum absolute atomic E-state index is 13.4. The summed E-state index contributed by atoms with van der Waals surface area (Å²) in [4.78, 5) is 32.9. The number of rotatable bonds is 9. The van der Waals surface area contributed by atoms with Crippen LogP contribution in [0.2, 0.25) is 0 Å². The molecule has 0 aliphatic heterocycles. The molecule has 0 unspecified atom stereocenters. The lowest BCUT2D eigenvalue weighted by molar-refractivity contribution is -0.384. The van der Waals surface area contributed by atoms with E-state index in [-0.39, 0.29) is 28.2 Å². The van der Waals surface area contributed by atoms with Crippen LogP contribution in [-0.2, 0) is 12.4 Å². The number of primary amides is 2. The lowest BCUT2D eigenvalue weighted by atomic mass is 10.0. The minimum atomic E-state index is -4.65. The number of hydrogen-bond acceptors (Lipinski definition) is 7. The summed E-state index contributed by atoms with van der Waals surface area (Å²) >= 11 is 0. The van der Waals surface area contributed by atoms with Crippen molar-refractivity contribution < 1.29 is 40.9 Å². The molecule has 0 saturated carbocycles. The van der Waals surface area contributed by atoms with E-state index in [1.165, 1.54) is 65.3 Å². The van der Waals surface area contributed by atoms with E-state index in [2.05, 4.69) is 10.2 Å². The van der Waals surface area contributed by atoms with Gasteiger partial charge in [-0.15, -0.1) is 0 Å². The standard InChI is InChI=1S/C23H15F3N4O3.C23H17F3N4O/c24-23(25,26)21-13-20(29(28-21)18-9-7-17(8-10-18)22(27)31)16-3-1-14(2-4-16)15-5-11-19(12-6-15)30(32)33;24-23(25,26)21-13-20(30(29-21)19-11-7-17(8-12-19)22(28)31)16-3-1-14(2-4-16)15-5-9-18(27)10-6-15/h1-13H,(H2,27,31);1-13H,27H2,(H2,28,31). The Morgan fingerprint density at radius 1 is 0.484 bits per heavy atom. The van der Waals surface area contributed by atoms with Crippen molar-refractivity contribution in [3.8, 4) is 56.1 Å². The third-order valence-corrected chi connectivity index (χ3v) is 9.81. The second-order valence-electron chi connectivity index (χ2n) is 14.1. The summed E-state index contributed by atoms with van der Waals surface area (Å²) in [5, 5.41) is 18.3. The van der Waals surface area contributed by atoms with E-state index in [1.807, 2.05) is 24.3 Å². The van der Waals surface area contributed by atoms with Crippen LogP contribution in [0.25, 0.3) is 56.1 Å². The van der Waals surface area contributed by atoms with E-state index in [1.54, 1.807) is 60.7 Å². The van der Waals surface area contributed by atoms with Crippen molar-refractivity contribution in [2.24, 2.45) is 11.5 Å². The Kier molecular flexibility index (Phi) is 11.9. The van der Waals surface area contributed by atoms with E-state index in [0.717, 1.165) is 39.1 Å². The minimum Gasteiger partial charge on any atom is -0.399 e. The minimum absolute atomic E-state index is 0.0405. The zero-order valence-corrected chi connectivity index (χ0v) is 32.9. The van der Waals surface area contributed by atoms with Crippen molar-refractivity contribution in [3.05, 3.63) is 190 Å². The summed E-state index contributed by atoms with van der Waals surface area (Å²) in [5.74, 6) is -1.28. The molecular formula is C46H32F6N8O4. The van der Waals surface area contributed by atoms with E-state index >= 15 is 0 Å². The van der Waals surface area contributed by atoms with Crippen LogP contribution in [-0.4, -0.2) is 36.3 Å². The number of nitro groups is 1. The van der Waals surface area contributed by atoms with Crippen molar-refractivity contribution in [1.29, 1.82) is 0 Å². The molecule has 0 saturated heterocycles. The smallest absolute Gasteiger partial charge is 0.399 e. The van der Waals surface area contributed by atoms with Crippen LogP contribution in [0.4, 0.5) is 37.7 Å². The van der Waals surface area contributed by atoms with Crippen molar-refractivity contribution in [3.63, 3.8) is 0 Å². The molecule has 8 rings (SSSR count). The second-order valence-corrected chi connectivity index (χ2v) is 14.1. The summed E-state index contributed by atoms with van der Waals surface area (Å²) < 4.78 is 82.5. The number of benzene rings is 6. The van der Waals surface area contributed by atoms with Crippen LogP contribution >= 0.6 is 0 Å². The quantitative estimate of drug-likeness (QED) is 0.0556. The number of carbonyl (C=O) groups excluding carboxylic acids is 2. The molecule has 6 N–H and O–H groups in total. The number of nitrogen functional groups attached to an aromatic ring is 1. The number of alkyl halides is 6. The molecule has 8 aromatic rings. The van der Waals surface area contributed by atoms with Gasteiger partial charge in [-0.1, -0.05) is 60.7 Å². The fourth-order valence-corrected chi connectivity index (χ4v) is 6.50. The van der Waals surface area contributed by atoms with Crippen molar-refractivity contribution in [1.82, 2.24) is 19.6 Å². The molecule has 18 heteroatoms. The van der Waals surface area contributed by atoms with Gasteiger partial charge >= 0.3 is 12.4 Å². The first-order valence-electron chi connectivity index (χ1n) is 18.8. The molecule has 322 valence electrons. The summed E-state index contributed by atoms with van der Waals surface area (Å²) in [6.45, 7) is 0. The van der Waals surface area contributed by atoms with Gasteiger partial charge in [0, 0.05) is 40.1 Å². The Morgan fingerprint density at radius 3 is 1.08 bits per heavy atom. The molecule has 2 amide bonds. The number of hydrogen-bond donors (Lipinski definition) is 3. The number of aromatic nitrogens is 4. The van der Waals surface area contributed by atoms with Gasteiger partial charge < -0.3 is 17.2 Å². The van der Waals surface area contributed by atoms with Crippen LogP contribution in [0.15, 0.2) is 158 Å². The van der Waals surface area contributed by atoms with E-state index in [0.29, 0.717) is 28.2 Å². The molecule has 0 fully saturated rings. The normalized spacial score (nSPS) is 11.4. The highest BCUT2D eigenvalue weighted by Crippen LogP contribution is 2.36. The third-order valence-electron chi connectivity index (χ3n) is 9.81. The highest BCUT2D eigenvalue weighted by Gasteiger charge is 2.36. The van der Waals surface area contributed by atoms with Gasteiger partial charge in [-0.3, -0.25) is 19.7 Å². The van der Waals surface area contributed by atoms with Gasteiger partial charge in [0.05, 0.1) is 27.7 Å². The molecule has 6 aromatic carbocycles. The van der Waals surface area contributed by atoms with E-state index in [9.17, 15) is 46.0 Å². The lowest BCUT2D eigenvalue weighted by Crippen LogP contribution is -2.11. The number of nitrogens with two attached hydrogens (primary N) is 3. The third kappa shape index (κ3) is 9.65. The van der Waals surface area contributed by atoms with Crippen molar-refractivity contribution in [2.75, 3.05) is 5.73 Å². The number of anilines is 1. The maximum Gasteiger partial charge on any atom is 0.435 e. The van der Waals surface area contributed by atoms with Gasteiger partial charge in [-0.2, -0.15) is 36.5 Å². The number of nitrogens with zero attached hydrogens (tertiary/aromatic N) is 5. The number of amides is 2. The molecule has 0 aliphatic carbocycles. The van der Waals surface area contributed by atoms with Gasteiger partial charge in [-0.25, -0.2) is 9.36 Å². The van der Waals surface area contributed by atoms with Crippen LogP contribution in [0.1, 0.15) is 32.1 Å². The van der Waals surface area contributed by atoms with Gasteiger partial charge in [0.2, 0.25) is 11.8 Å². The number of halogens is 6. The average Bonchev–Trinajstić information content (AvgIpc) is 3.95. The average molecular weight is 875 g/mol. The molecule has 0 bridgehead atoms. The lowest BCUT2D eigenvalue weighted by Gasteiger charge is -2.09. The molecule has 0 atom stereocenters. The SMILES string of the molecule is NC(=O)c1ccc(-n2nc(C(F)(F)F)cc2-c2ccc(-c3ccc(N)cc3)cc2)cc1.NC(=O)c1ccc(-n2nc(C(F)(F)F)cc2-c2ccc(-c3ccc([N+](=O)[O-])cc3)cc2)cc1. The number of carbonyl (C=O) groups is 2. The maximum atomic E-state index is 13.4. The summed E-state index contributed by atoms with van der Waals surface area (Å²) in [6.07, 6.45) is -9.25. The van der Waals surface area contributed by atoms with Crippen LogP contribution in [0.3, 0.4) is 0 Å². The Morgan fingerprint density at radius 2 is 0.781 bits per heavy atom. The highest BCUT2D eigenvalue weighted by atomic mass is 19.4. The first-order valence-corrected chi connectivity index (χ1v) is 18.8. The highest BCUT2D eigenvalue weighted by molar-refractivity contribution is 5.93. The summed E-state index contributed by atoms with van der Waals surface area (Å²) in [6, 6.07) is 40.6. The van der Waals surface area contributed by atoms with Crippen molar-refractivity contribution >= 4 is 23.2 Å². The topological polar surface area (TPSA) is 191 Å². The van der Waals surface area contributed by atoms with Gasteiger partial charge in [-0.05, 0) is 107 Å². The summed E-state index contributed by atoms with van der Waals surface area (Å²) in [7, 11) is 0. The Balaban J connectivity index is 0.000000192. The molecular weight excluding hydrogens is 843 g/mol. The Labute approximate surface area is 359 Å². The zero-order valence-electron chi connectivity index (χ0n) is 32.9. The molecule has 64 heavy (non-hydrogen) atoms. The second kappa shape index (κ2) is 17.4. The summed E-state index contributed by atoms with van der Waals surface area (Å²) in [5.41, 5.74) is 20.7. The van der Waals surface area contributed by atoms with Gasteiger partial charge in [0.1, 0.15) is 0 Å². The predicted octanol–water partition coefficient (Wildman–Crippen LogP) is 10.1. The molecule has 2 heterocycles. The fourth-order valence-electron chi connectivity index (χ4n) is 6.50. The Hall–Kier alpha value is -8.54. The van der Waals surface area contributed by atoms with Crippen LogP contribution in [0, 0.1) is 10.1 Å². The largest absolute Gasteiger partial charge is 0.435 e. The molecule has 2 aromatic heterocycles. The van der Waals surface area contributed by atoms with Crippen LogP contribution < -0.4 is 17.2 Å². The Bertz CT molecular complexity index is 2960. The molecule has 0 aliphatic rings. The number of non-ortho nitro benzene ring substituents is 1. The van der Waals surface area contributed by atoms with E-state index in [4.69, 9.17) is 17.2 Å². The fraction of sp³-hybridized carbons (Fsp3) is 0.0435. The molecule has 0 radical (unpaired) electrons. The monoisotopic (exact) mass is 874 g/mol. The van der Waals surface area contributed by atoms with Gasteiger partial charge in [0.25, 0.3) is 5.69 Å². The van der Waals surface area contributed by atoms with E-state index < -0.39 is 40.5 Å². The van der Waals surface area contributed by atoms with Gasteiger partial charge in [0.15, 0.2) is 11.4 Å². The van der Waals surface area contributed by atoms with Crippen LogP contribution in [0.5, 0.6) is 0 Å². The molecule has 12 nitrogen and oxygen atoms in total. The first-order chi connectivity index (χ1) is 30.3. The number of nitro benzene ring substituents is 1. The van der Waals surface area contributed by atoms with Crippen molar-refractivity contribution in [2.45, 2.75) is 12.4 Å². The zero-order chi connectivity index (χ0) is 45.9. The first kappa shape index (κ1) is 43.5. The predicted molar refractivity (Wildman–Crippen MR) is 227 cm³/mol. The molecule has 0 spiro atoms.